The summed E-state index contributed by atoms with van der Waals surface area (Å²) in [6, 6.07) is 13.4. The number of aliphatic hydroxyl groups excluding tert-OH is 1. The molecule has 1 heterocycles. The van der Waals surface area contributed by atoms with Crippen LogP contribution >= 0.6 is 11.6 Å². The number of halogens is 2. The Balaban J connectivity index is 1.95. The van der Waals surface area contributed by atoms with Crippen LogP contribution in [0.2, 0.25) is 5.02 Å². The molecule has 0 saturated heterocycles. The van der Waals surface area contributed by atoms with E-state index in [-0.39, 0.29) is 23.5 Å². The largest absolute Gasteiger partial charge is 0.391 e. The highest BCUT2D eigenvalue weighted by atomic mass is 35.5. The second-order valence-electron chi connectivity index (χ2n) is 6.13. The van der Waals surface area contributed by atoms with Crippen molar-refractivity contribution in [3.63, 3.8) is 0 Å². The Hall–Kier alpha value is -2.54. The first-order valence-corrected chi connectivity index (χ1v) is 8.85. The van der Waals surface area contributed by atoms with Gasteiger partial charge >= 0.3 is 0 Å². The molecule has 0 aliphatic heterocycles. The fourth-order valence-electron chi connectivity index (χ4n) is 2.78. The lowest BCUT2D eigenvalue weighted by atomic mass is 10.1. The Morgan fingerprint density at radius 2 is 1.85 bits per heavy atom. The van der Waals surface area contributed by atoms with Crippen LogP contribution in [0.1, 0.15) is 16.7 Å². The first-order valence-electron chi connectivity index (χ1n) is 8.47. The number of rotatable bonds is 6. The van der Waals surface area contributed by atoms with Gasteiger partial charge < -0.3 is 10.8 Å². The van der Waals surface area contributed by atoms with Crippen LogP contribution in [-0.2, 0) is 26.1 Å². The molecule has 7 heteroatoms. The molecule has 0 radical (unpaired) electrons. The minimum Gasteiger partial charge on any atom is -0.391 e. The molecule has 0 aliphatic rings. The summed E-state index contributed by atoms with van der Waals surface area (Å²) >= 11 is 5.89. The van der Waals surface area contributed by atoms with Gasteiger partial charge in [0.1, 0.15) is 5.82 Å². The van der Waals surface area contributed by atoms with E-state index >= 15 is 0 Å². The van der Waals surface area contributed by atoms with E-state index in [0.717, 1.165) is 5.56 Å². The maximum Gasteiger partial charge on any atom is 0.272 e. The molecule has 3 rings (SSSR count). The van der Waals surface area contributed by atoms with Crippen LogP contribution in [0.25, 0.3) is 11.3 Å². The molecule has 0 amide bonds. The van der Waals surface area contributed by atoms with Gasteiger partial charge in [-0.25, -0.2) is 9.07 Å². The maximum absolute atomic E-state index is 13.7. The summed E-state index contributed by atoms with van der Waals surface area (Å²) in [5, 5.41) is 14.6. The molecule has 0 fully saturated rings. The number of aromatic nitrogens is 2. The van der Waals surface area contributed by atoms with Crippen LogP contribution in [0.15, 0.2) is 53.3 Å². The van der Waals surface area contributed by atoms with E-state index < -0.39 is 6.61 Å². The summed E-state index contributed by atoms with van der Waals surface area (Å²) in [5.41, 5.74) is 7.92. The van der Waals surface area contributed by atoms with Gasteiger partial charge in [0.25, 0.3) is 5.56 Å². The van der Waals surface area contributed by atoms with E-state index in [4.69, 9.17) is 17.3 Å². The minimum atomic E-state index is -0.403. The average molecular weight is 388 g/mol. The molecule has 0 atom stereocenters. The number of hydrogen-bond donors (Lipinski definition) is 2. The van der Waals surface area contributed by atoms with Gasteiger partial charge in [-0.1, -0.05) is 23.7 Å². The Kier molecular flexibility index (Phi) is 6.01. The highest BCUT2D eigenvalue weighted by Crippen LogP contribution is 2.20. The molecule has 0 unspecified atom stereocenters. The van der Waals surface area contributed by atoms with Crippen LogP contribution < -0.4 is 11.3 Å². The zero-order valence-electron chi connectivity index (χ0n) is 14.5. The van der Waals surface area contributed by atoms with Crippen molar-refractivity contribution in [2.24, 2.45) is 5.73 Å². The molecule has 0 bridgehead atoms. The topological polar surface area (TPSA) is 81.1 Å². The van der Waals surface area contributed by atoms with Crippen LogP contribution in [0.5, 0.6) is 0 Å². The van der Waals surface area contributed by atoms with E-state index in [1.807, 2.05) is 12.1 Å². The molecule has 0 spiro atoms. The van der Waals surface area contributed by atoms with Gasteiger partial charge in [0, 0.05) is 34.8 Å². The monoisotopic (exact) mass is 387 g/mol. The summed E-state index contributed by atoms with van der Waals surface area (Å²) < 4.78 is 15.0. The quantitative estimate of drug-likeness (QED) is 0.681. The van der Waals surface area contributed by atoms with Gasteiger partial charge in [-0.05, 0) is 48.4 Å². The van der Waals surface area contributed by atoms with Gasteiger partial charge in [-0.3, -0.25) is 4.79 Å². The molecule has 0 aliphatic carbocycles. The van der Waals surface area contributed by atoms with Gasteiger partial charge in [0.05, 0.1) is 12.3 Å². The molecule has 5 nitrogen and oxygen atoms in total. The Morgan fingerprint density at radius 1 is 1.11 bits per heavy atom. The molecular weight excluding hydrogens is 369 g/mol. The molecule has 1 aromatic heterocycles. The molecular formula is C20H19ClFN3O2. The Labute approximate surface area is 160 Å². The number of benzene rings is 2. The third-order valence-corrected chi connectivity index (χ3v) is 4.56. The zero-order chi connectivity index (χ0) is 19.4. The van der Waals surface area contributed by atoms with E-state index in [1.165, 1.54) is 16.8 Å². The van der Waals surface area contributed by atoms with E-state index in [0.29, 0.717) is 34.8 Å². The lowest BCUT2D eigenvalue weighted by molar-refractivity contribution is 0.278. The van der Waals surface area contributed by atoms with Crippen LogP contribution in [-0.4, -0.2) is 14.9 Å². The summed E-state index contributed by atoms with van der Waals surface area (Å²) in [4.78, 5) is 12.5. The summed E-state index contributed by atoms with van der Waals surface area (Å²) in [7, 11) is 0. The molecule has 140 valence electrons. The molecule has 3 aromatic rings. The second-order valence-corrected chi connectivity index (χ2v) is 6.56. The van der Waals surface area contributed by atoms with Crippen molar-refractivity contribution in [2.45, 2.75) is 26.1 Å². The van der Waals surface area contributed by atoms with Crippen LogP contribution in [0.3, 0.4) is 0 Å². The minimum absolute atomic E-state index is 0.0583. The molecule has 0 saturated carbocycles. The number of aryl methyl sites for hydroxylation is 2. The summed E-state index contributed by atoms with van der Waals surface area (Å²) in [6.45, 7) is -0.00474. The summed E-state index contributed by atoms with van der Waals surface area (Å²) in [5.74, 6) is -0.389. The third kappa shape index (κ3) is 4.42. The number of hydrogen-bond acceptors (Lipinski definition) is 4. The highest BCUT2D eigenvalue weighted by Gasteiger charge is 2.11. The molecule has 2 aromatic carbocycles. The summed E-state index contributed by atoms with van der Waals surface area (Å²) in [6.07, 6.45) is 0.579. The first-order chi connectivity index (χ1) is 13.0. The van der Waals surface area contributed by atoms with Gasteiger partial charge in [-0.15, -0.1) is 0 Å². The average Bonchev–Trinajstić information content (AvgIpc) is 2.69. The lowest BCUT2D eigenvalue weighted by Gasteiger charge is -2.11. The fourth-order valence-corrected chi connectivity index (χ4v) is 2.91. The second kappa shape index (κ2) is 8.43. The smallest absolute Gasteiger partial charge is 0.272 e. The van der Waals surface area contributed by atoms with Crippen molar-refractivity contribution in [2.75, 3.05) is 0 Å². The van der Waals surface area contributed by atoms with Crippen molar-refractivity contribution in [3.05, 3.63) is 86.4 Å². The predicted octanol–water partition coefficient (Wildman–Crippen LogP) is 2.90. The fraction of sp³-hybridized carbons (Fsp3) is 0.200. The standard InChI is InChI=1S/C20H19ClFN3O2/c21-17-4-1-13(2-5-17)7-8-25-20(27)16(12-26)10-19(24-25)14-3-6-18(22)15(9-14)11-23/h1-6,9-10,26H,7-8,11-12,23H2. The normalized spacial score (nSPS) is 11.0. The molecule has 27 heavy (non-hydrogen) atoms. The highest BCUT2D eigenvalue weighted by molar-refractivity contribution is 6.30. The van der Waals surface area contributed by atoms with E-state index in [2.05, 4.69) is 5.10 Å². The van der Waals surface area contributed by atoms with Crippen LogP contribution in [0, 0.1) is 5.82 Å². The Bertz CT molecular complexity index is 1000. The SMILES string of the molecule is NCc1cc(-c2cc(CO)c(=O)n(CCc3ccc(Cl)cc3)n2)ccc1F. The van der Waals surface area contributed by atoms with E-state index in [1.54, 1.807) is 24.3 Å². The number of nitrogens with two attached hydrogens (primary N) is 1. The zero-order valence-corrected chi connectivity index (χ0v) is 15.3. The van der Waals surface area contributed by atoms with Gasteiger partial charge in [0.2, 0.25) is 0 Å². The van der Waals surface area contributed by atoms with Crippen molar-refractivity contribution in [1.29, 1.82) is 0 Å². The van der Waals surface area contributed by atoms with Gasteiger partial charge in [-0.2, -0.15) is 5.10 Å². The Morgan fingerprint density at radius 3 is 2.52 bits per heavy atom. The first kappa shape index (κ1) is 19.2. The number of nitrogens with zero attached hydrogens (tertiary/aromatic N) is 2. The van der Waals surface area contributed by atoms with Crippen molar-refractivity contribution < 1.29 is 9.50 Å². The van der Waals surface area contributed by atoms with Crippen molar-refractivity contribution in [1.82, 2.24) is 9.78 Å². The molecule has 3 N–H and O–H groups in total. The van der Waals surface area contributed by atoms with Crippen molar-refractivity contribution in [3.8, 4) is 11.3 Å². The third-order valence-electron chi connectivity index (χ3n) is 4.31. The van der Waals surface area contributed by atoms with E-state index in [9.17, 15) is 14.3 Å². The predicted molar refractivity (Wildman–Crippen MR) is 103 cm³/mol. The van der Waals surface area contributed by atoms with Crippen molar-refractivity contribution >= 4 is 11.6 Å². The lowest BCUT2D eigenvalue weighted by Crippen LogP contribution is -2.27. The maximum atomic E-state index is 13.7. The van der Waals surface area contributed by atoms with Gasteiger partial charge in [0.15, 0.2) is 0 Å². The number of aliphatic hydroxyl groups is 1. The van der Waals surface area contributed by atoms with Crippen LogP contribution in [0.4, 0.5) is 4.39 Å².